The Hall–Kier alpha value is -1.28. The van der Waals surface area contributed by atoms with Crippen molar-refractivity contribution in [2.45, 2.75) is 18.9 Å². The van der Waals surface area contributed by atoms with E-state index < -0.39 is 0 Å². The standard InChI is InChI=1S/C10H15N3O2/c11-8-9-2-1-3-13(9)10(14)12-4-6-15-7-5-12/h9H,1-7H2. The summed E-state index contributed by atoms with van der Waals surface area (Å²) in [5, 5.41) is 8.90. The summed E-state index contributed by atoms with van der Waals surface area (Å²) >= 11 is 0. The van der Waals surface area contributed by atoms with Crippen LogP contribution in [-0.2, 0) is 4.74 Å². The average Bonchev–Trinajstić information content (AvgIpc) is 2.77. The lowest BCUT2D eigenvalue weighted by Gasteiger charge is -2.32. The number of morpholine rings is 1. The fourth-order valence-electron chi connectivity index (χ4n) is 2.07. The quantitative estimate of drug-likeness (QED) is 0.581. The highest BCUT2D eigenvalue weighted by Gasteiger charge is 2.32. The van der Waals surface area contributed by atoms with E-state index in [0.29, 0.717) is 32.8 Å². The Labute approximate surface area is 89.2 Å². The normalized spacial score (nSPS) is 26.5. The van der Waals surface area contributed by atoms with Gasteiger partial charge in [-0.05, 0) is 12.8 Å². The first-order chi connectivity index (χ1) is 7.33. The van der Waals surface area contributed by atoms with Gasteiger partial charge in [0, 0.05) is 19.6 Å². The van der Waals surface area contributed by atoms with E-state index in [4.69, 9.17) is 10.00 Å². The Morgan fingerprint density at radius 1 is 1.33 bits per heavy atom. The Morgan fingerprint density at radius 3 is 2.73 bits per heavy atom. The summed E-state index contributed by atoms with van der Waals surface area (Å²) in [6.07, 6.45) is 1.75. The van der Waals surface area contributed by atoms with Crippen molar-refractivity contribution < 1.29 is 9.53 Å². The molecule has 0 aliphatic carbocycles. The van der Waals surface area contributed by atoms with Gasteiger partial charge in [-0.25, -0.2) is 4.79 Å². The van der Waals surface area contributed by atoms with Gasteiger partial charge >= 0.3 is 6.03 Å². The van der Waals surface area contributed by atoms with Crippen LogP contribution in [0.4, 0.5) is 4.79 Å². The molecule has 0 aromatic heterocycles. The molecule has 0 saturated carbocycles. The van der Waals surface area contributed by atoms with Gasteiger partial charge < -0.3 is 14.5 Å². The van der Waals surface area contributed by atoms with Crippen LogP contribution >= 0.6 is 0 Å². The Bertz CT molecular complexity index is 281. The minimum Gasteiger partial charge on any atom is -0.378 e. The molecule has 2 rings (SSSR count). The second-order valence-electron chi connectivity index (χ2n) is 3.86. The van der Waals surface area contributed by atoms with Crippen molar-refractivity contribution in [3.8, 4) is 6.07 Å². The van der Waals surface area contributed by atoms with Gasteiger partial charge in [-0.2, -0.15) is 5.26 Å². The number of hydrogen-bond donors (Lipinski definition) is 0. The maximum atomic E-state index is 12.0. The molecule has 2 heterocycles. The molecule has 2 aliphatic rings. The number of likely N-dealkylation sites (tertiary alicyclic amines) is 1. The van der Waals surface area contributed by atoms with Crippen LogP contribution in [0.3, 0.4) is 0 Å². The first-order valence-corrected chi connectivity index (χ1v) is 5.36. The van der Waals surface area contributed by atoms with Crippen molar-refractivity contribution in [1.82, 2.24) is 9.80 Å². The summed E-state index contributed by atoms with van der Waals surface area (Å²) in [5.41, 5.74) is 0. The van der Waals surface area contributed by atoms with Crippen LogP contribution in [-0.4, -0.2) is 54.7 Å². The number of rotatable bonds is 0. The van der Waals surface area contributed by atoms with Gasteiger partial charge in [-0.15, -0.1) is 0 Å². The van der Waals surface area contributed by atoms with Gasteiger partial charge in [0.1, 0.15) is 6.04 Å². The molecule has 15 heavy (non-hydrogen) atoms. The van der Waals surface area contributed by atoms with Crippen LogP contribution in [0, 0.1) is 11.3 Å². The number of carbonyl (C=O) groups excluding carboxylic acids is 1. The molecule has 0 radical (unpaired) electrons. The summed E-state index contributed by atoms with van der Waals surface area (Å²) < 4.78 is 5.19. The van der Waals surface area contributed by atoms with Crippen molar-refractivity contribution in [2.24, 2.45) is 0 Å². The fourth-order valence-corrected chi connectivity index (χ4v) is 2.07. The first-order valence-electron chi connectivity index (χ1n) is 5.36. The zero-order valence-electron chi connectivity index (χ0n) is 8.69. The number of ether oxygens (including phenoxy) is 1. The van der Waals surface area contributed by atoms with E-state index in [1.165, 1.54) is 0 Å². The topological polar surface area (TPSA) is 56.6 Å². The lowest BCUT2D eigenvalue weighted by atomic mass is 10.2. The van der Waals surface area contributed by atoms with Gasteiger partial charge in [0.15, 0.2) is 0 Å². The van der Waals surface area contributed by atoms with Crippen LogP contribution in [0.2, 0.25) is 0 Å². The third-order valence-electron chi connectivity index (χ3n) is 2.93. The number of urea groups is 1. The highest BCUT2D eigenvalue weighted by Crippen LogP contribution is 2.18. The molecule has 5 nitrogen and oxygen atoms in total. The van der Waals surface area contributed by atoms with E-state index >= 15 is 0 Å². The monoisotopic (exact) mass is 209 g/mol. The molecule has 5 heteroatoms. The van der Waals surface area contributed by atoms with Crippen molar-refractivity contribution >= 4 is 6.03 Å². The second kappa shape index (κ2) is 4.49. The first kappa shape index (κ1) is 10.2. The van der Waals surface area contributed by atoms with E-state index in [1.54, 1.807) is 9.80 Å². The Morgan fingerprint density at radius 2 is 2.07 bits per heavy atom. The number of nitriles is 1. The molecular formula is C10H15N3O2. The SMILES string of the molecule is N#CC1CCCN1C(=O)N1CCOCC1. The third-order valence-corrected chi connectivity index (χ3v) is 2.93. The summed E-state index contributed by atoms with van der Waals surface area (Å²) in [7, 11) is 0. The number of hydrogen-bond acceptors (Lipinski definition) is 3. The van der Waals surface area contributed by atoms with Crippen molar-refractivity contribution in [1.29, 1.82) is 5.26 Å². The second-order valence-corrected chi connectivity index (χ2v) is 3.86. The molecule has 2 amide bonds. The van der Waals surface area contributed by atoms with Crippen molar-refractivity contribution in [3.63, 3.8) is 0 Å². The summed E-state index contributed by atoms with van der Waals surface area (Å²) in [5.74, 6) is 0. The smallest absolute Gasteiger partial charge is 0.321 e. The zero-order valence-corrected chi connectivity index (χ0v) is 8.69. The van der Waals surface area contributed by atoms with Crippen LogP contribution in [0.25, 0.3) is 0 Å². The number of nitrogens with zero attached hydrogens (tertiary/aromatic N) is 3. The van der Waals surface area contributed by atoms with Crippen molar-refractivity contribution in [3.05, 3.63) is 0 Å². The fraction of sp³-hybridized carbons (Fsp3) is 0.800. The average molecular weight is 209 g/mol. The Kier molecular flexibility index (Phi) is 3.07. The van der Waals surface area contributed by atoms with Gasteiger partial charge in [-0.1, -0.05) is 0 Å². The van der Waals surface area contributed by atoms with Crippen LogP contribution in [0.5, 0.6) is 0 Å². The summed E-state index contributed by atoms with van der Waals surface area (Å²) in [6.45, 7) is 3.23. The molecule has 2 saturated heterocycles. The molecule has 0 aromatic rings. The van der Waals surface area contributed by atoms with Crippen LogP contribution in [0.15, 0.2) is 0 Å². The predicted octanol–water partition coefficient (Wildman–Crippen LogP) is 0.427. The molecule has 0 aromatic carbocycles. The largest absolute Gasteiger partial charge is 0.378 e. The molecule has 0 N–H and O–H groups in total. The van der Waals surface area contributed by atoms with E-state index in [0.717, 1.165) is 12.8 Å². The highest BCUT2D eigenvalue weighted by molar-refractivity contribution is 5.75. The number of amides is 2. The van der Waals surface area contributed by atoms with Gasteiger partial charge in [-0.3, -0.25) is 0 Å². The molecule has 0 bridgehead atoms. The minimum atomic E-state index is -0.222. The molecule has 0 spiro atoms. The van der Waals surface area contributed by atoms with Gasteiger partial charge in [0.25, 0.3) is 0 Å². The third kappa shape index (κ3) is 2.05. The summed E-state index contributed by atoms with van der Waals surface area (Å²) in [6, 6.07) is 1.96. The molecule has 1 atom stereocenters. The number of carbonyl (C=O) groups is 1. The Balaban J connectivity index is 1.97. The van der Waals surface area contributed by atoms with Crippen LogP contribution in [0.1, 0.15) is 12.8 Å². The van der Waals surface area contributed by atoms with Gasteiger partial charge in [0.05, 0.1) is 19.3 Å². The zero-order chi connectivity index (χ0) is 10.7. The van der Waals surface area contributed by atoms with E-state index in [2.05, 4.69) is 6.07 Å². The maximum absolute atomic E-state index is 12.0. The van der Waals surface area contributed by atoms with Crippen molar-refractivity contribution in [2.75, 3.05) is 32.8 Å². The van der Waals surface area contributed by atoms with E-state index in [1.807, 2.05) is 0 Å². The molecule has 82 valence electrons. The van der Waals surface area contributed by atoms with E-state index in [9.17, 15) is 4.79 Å². The van der Waals surface area contributed by atoms with E-state index in [-0.39, 0.29) is 12.1 Å². The predicted molar refractivity (Wildman–Crippen MR) is 53.1 cm³/mol. The lowest BCUT2D eigenvalue weighted by Crippen LogP contribution is -2.49. The molecule has 2 fully saturated rings. The lowest BCUT2D eigenvalue weighted by molar-refractivity contribution is 0.0437. The molecule has 2 aliphatic heterocycles. The molecule has 1 unspecified atom stereocenters. The minimum absolute atomic E-state index is 0.00218. The summed E-state index contributed by atoms with van der Waals surface area (Å²) in [4.78, 5) is 15.5. The highest BCUT2D eigenvalue weighted by atomic mass is 16.5. The molecular weight excluding hydrogens is 194 g/mol. The maximum Gasteiger partial charge on any atom is 0.321 e. The van der Waals surface area contributed by atoms with Crippen LogP contribution < -0.4 is 0 Å². The van der Waals surface area contributed by atoms with Gasteiger partial charge in [0.2, 0.25) is 0 Å².